The molecule has 0 saturated heterocycles. The first kappa shape index (κ1) is 19.9. The first-order valence-corrected chi connectivity index (χ1v) is 9.68. The number of unbranched alkanes of at least 4 members (excludes halogenated alkanes) is 2. The van der Waals surface area contributed by atoms with Gasteiger partial charge in [-0.2, -0.15) is 5.69 Å². The van der Waals surface area contributed by atoms with E-state index in [-0.39, 0.29) is 24.2 Å². The molecule has 0 radical (unpaired) electrons. The van der Waals surface area contributed by atoms with Crippen LogP contribution < -0.4 is 9.79 Å². The van der Waals surface area contributed by atoms with Crippen molar-refractivity contribution in [3.63, 3.8) is 0 Å². The van der Waals surface area contributed by atoms with Crippen molar-refractivity contribution >= 4 is 28.9 Å². The normalized spacial score (nSPS) is 12.3. The van der Waals surface area contributed by atoms with Gasteiger partial charge in [0.25, 0.3) is 0 Å². The van der Waals surface area contributed by atoms with E-state index in [2.05, 4.69) is 18.7 Å². The Bertz CT molecular complexity index is 217. The van der Waals surface area contributed by atoms with Crippen LogP contribution >= 0.6 is 17.1 Å². The second-order valence-corrected chi connectivity index (χ2v) is 9.95. The minimum absolute atomic E-state index is 0. The smallest absolute Gasteiger partial charge is 0.825 e. The van der Waals surface area contributed by atoms with Gasteiger partial charge in [0.1, 0.15) is 0 Å². The van der Waals surface area contributed by atoms with Gasteiger partial charge < -0.3 is 9.79 Å². The van der Waals surface area contributed by atoms with E-state index in [4.69, 9.17) is 0 Å². The van der Waals surface area contributed by atoms with Gasteiger partial charge >= 0.3 is 19.5 Å². The van der Waals surface area contributed by atoms with Crippen LogP contribution in [0.3, 0.4) is 0 Å². The summed E-state index contributed by atoms with van der Waals surface area (Å²) >= 11 is 5.52. The van der Waals surface area contributed by atoms with Gasteiger partial charge in [-0.05, 0) is 19.3 Å². The number of hydrogen-bond donors (Lipinski definition) is 0. The van der Waals surface area contributed by atoms with Crippen LogP contribution in [0, 0.1) is 0 Å². The van der Waals surface area contributed by atoms with Gasteiger partial charge in [-0.3, -0.25) is 0 Å². The summed E-state index contributed by atoms with van der Waals surface area (Å²) in [5.74, 6) is 0. The van der Waals surface area contributed by atoms with Crippen LogP contribution in [0.5, 0.6) is 0 Å². The van der Waals surface area contributed by atoms with Gasteiger partial charge in [0, 0.05) is 4.75 Å². The van der Waals surface area contributed by atoms with Crippen molar-refractivity contribution in [1.29, 1.82) is 0 Å². The fourth-order valence-electron chi connectivity index (χ4n) is 1.71. The zero-order valence-electron chi connectivity index (χ0n) is 10.5. The fraction of sp³-hybridized carbons (Fsp3) is 1.00. The van der Waals surface area contributed by atoms with E-state index in [1.807, 2.05) is 13.8 Å². The fourth-order valence-corrected chi connectivity index (χ4v) is 6.58. The summed E-state index contributed by atoms with van der Waals surface area (Å²) in [6.07, 6.45) is 6.14. The van der Waals surface area contributed by atoms with Gasteiger partial charge in [-0.15, -0.1) is 23.2 Å². The third-order valence-electron chi connectivity index (χ3n) is 2.83. The summed E-state index contributed by atoms with van der Waals surface area (Å²) < 4.78 is -0.145. The molecule has 0 atom stereocenters. The minimum Gasteiger partial charge on any atom is -0.825 e. The average molecular weight is 334 g/mol. The van der Waals surface area contributed by atoms with Crippen LogP contribution in [0.2, 0.25) is 0 Å². The Hall–Kier alpha value is 1.54. The molecule has 0 aliphatic rings. The molecule has 0 aromatic rings. The Balaban J connectivity index is 0. The maximum atomic E-state index is 11.2. The summed E-state index contributed by atoms with van der Waals surface area (Å²) in [4.78, 5) is 22.4. The first-order chi connectivity index (χ1) is 6.89. The molecule has 0 aliphatic heterocycles. The molecule has 0 spiro atoms. The molecule has 2 nitrogen and oxygen atoms in total. The first-order valence-electron chi connectivity index (χ1n) is 5.62. The van der Waals surface area contributed by atoms with E-state index in [0.29, 0.717) is 0 Å². The third kappa shape index (κ3) is 8.61. The molecule has 0 saturated carbocycles. The van der Waals surface area contributed by atoms with Crippen LogP contribution in [0.15, 0.2) is 0 Å². The topological polar surface area (TPSA) is 46.1 Å². The van der Waals surface area contributed by atoms with Crippen molar-refractivity contribution < 1.29 is 29.3 Å². The van der Waals surface area contributed by atoms with Crippen molar-refractivity contribution in [1.82, 2.24) is 0 Å². The van der Waals surface area contributed by atoms with Crippen molar-refractivity contribution in [3.8, 4) is 0 Å². The molecular formula is C10H21O2PS2Zn. The molecule has 0 bridgehead atoms. The Morgan fingerprint density at radius 2 is 1.62 bits per heavy atom. The van der Waals surface area contributed by atoms with Crippen LogP contribution in [-0.4, -0.2) is 4.75 Å². The van der Waals surface area contributed by atoms with Crippen molar-refractivity contribution in [2.75, 3.05) is 0 Å². The summed E-state index contributed by atoms with van der Waals surface area (Å²) in [7, 11) is 0. The summed E-state index contributed by atoms with van der Waals surface area (Å²) in [6, 6.07) is 0. The second-order valence-electron chi connectivity index (χ2n) is 3.89. The van der Waals surface area contributed by atoms with E-state index < -0.39 is 5.69 Å². The molecular weight excluding hydrogens is 313 g/mol. The van der Waals surface area contributed by atoms with E-state index in [9.17, 15) is 9.79 Å². The standard InChI is InChI=1S/C10H23O2PS2.Zn/c1-4-7-8-9-10(5-2,6-3)15-13(11,12)14;/h4-9H2,1-3H3,(H2,11,12,14);/q;+2/p-2. The average Bonchev–Trinajstić information content (AvgIpc) is 2.15. The Morgan fingerprint density at radius 3 is 1.94 bits per heavy atom. The van der Waals surface area contributed by atoms with Gasteiger partial charge in [-0.25, -0.2) is 0 Å². The largest absolute Gasteiger partial charge is 2.00 e. The predicted octanol–water partition coefficient (Wildman–Crippen LogP) is 2.80. The molecule has 92 valence electrons. The molecule has 0 unspecified atom stereocenters. The van der Waals surface area contributed by atoms with Crippen LogP contribution in [-0.2, 0) is 31.3 Å². The zero-order chi connectivity index (χ0) is 11.9. The van der Waals surface area contributed by atoms with Crippen LogP contribution in [0.4, 0.5) is 0 Å². The maximum absolute atomic E-state index is 11.2. The number of hydrogen-bond acceptors (Lipinski definition) is 4. The summed E-state index contributed by atoms with van der Waals surface area (Å²) in [6.45, 7) is 6.25. The van der Waals surface area contributed by atoms with E-state index >= 15 is 0 Å². The van der Waals surface area contributed by atoms with Gasteiger partial charge in [0.15, 0.2) is 0 Å². The molecule has 0 aromatic heterocycles. The maximum Gasteiger partial charge on any atom is 2.00 e. The van der Waals surface area contributed by atoms with Crippen molar-refractivity contribution in [2.45, 2.75) is 64.0 Å². The Morgan fingerprint density at radius 1 is 1.12 bits per heavy atom. The van der Waals surface area contributed by atoms with Crippen LogP contribution in [0.1, 0.15) is 59.3 Å². The molecule has 0 heterocycles. The molecule has 0 aliphatic carbocycles. The Labute approximate surface area is 122 Å². The molecule has 0 rings (SSSR count). The monoisotopic (exact) mass is 332 g/mol. The van der Waals surface area contributed by atoms with Gasteiger partial charge in [-0.1, -0.05) is 40.0 Å². The minimum atomic E-state index is -3.62. The predicted molar refractivity (Wildman–Crippen MR) is 69.3 cm³/mol. The molecule has 6 heteroatoms. The molecule has 0 fully saturated rings. The van der Waals surface area contributed by atoms with Gasteiger partial charge in [0.05, 0.1) is 0 Å². The molecule has 0 aromatic carbocycles. The molecule has 0 amide bonds. The molecule has 0 N–H and O–H groups in total. The number of rotatable bonds is 8. The van der Waals surface area contributed by atoms with E-state index in [0.717, 1.165) is 43.5 Å². The van der Waals surface area contributed by atoms with Gasteiger partial charge in [0.2, 0.25) is 0 Å². The van der Waals surface area contributed by atoms with Crippen LogP contribution in [0.25, 0.3) is 0 Å². The van der Waals surface area contributed by atoms with E-state index in [1.165, 1.54) is 6.42 Å². The quantitative estimate of drug-likeness (QED) is 0.389. The zero-order valence-corrected chi connectivity index (χ0v) is 16.0. The summed E-state index contributed by atoms with van der Waals surface area (Å²) in [5, 5.41) is 0. The second kappa shape index (κ2) is 9.47. The van der Waals surface area contributed by atoms with E-state index in [1.54, 1.807) is 0 Å². The molecule has 16 heavy (non-hydrogen) atoms. The Kier molecular flexibility index (Phi) is 11.8. The SMILES string of the molecule is CCCCCC(CC)(CC)SP([O-])([O-])=S.[Zn+2]. The van der Waals surface area contributed by atoms with Crippen molar-refractivity contribution in [2.24, 2.45) is 0 Å². The van der Waals surface area contributed by atoms with Crippen molar-refractivity contribution in [3.05, 3.63) is 0 Å². The third-order valence-corrected chi connectivity index (χ3v) is 6.73. The summed E-state index contributed by atoms with van der Waals surface area (Å²) in [5.41, 5.74) is -3.62.